The maximum atomic E-state index is 3.75. The van der Waals surface area contributed by atoms with E-state index in [2.05, 4.69) is 49.6 Å². The van der Waals surface area contributed by atoms with E-state index in [9.17, 15) is 0 Å². The van der Waals surface area contributed by atoms with Gasteiger partial charge in [0.15, 0.2) is 0 Å². The first-order valence-corrected chi connectivity index (χ1v) is 19.8. The van der Waals surface area contributed by atoms with Gasteiger partial charge in [0.2, 0.25) is 0 Å². The molecule has 1 aromatic rings. The number of nitrogens with one attached hydrogen (secondary N) is 1. The summed E-state index contributed by atoms with van der Waals surface area (Å²) in [6.45, 7) is 9.42. The highest BCUT2D eigenvalue weighted by Gasteiger charge is 2.25. The van der Waals surface area contributed by atoms with Gasteiger partial charge in [0, 0.05) is 0 Å². The van der Waals surface area contributed by atoms with Gasteiger partial charge in [-0.05, 0) is 32.6 Å². The lowest BCUT2D eigenvalue weighted by atomic mass is 9.92. The predicted molar refractivity (Wildman–Crippen MR) is 189 cm³/mol. The van der Waals surface area contributed by atoms with Crippen LogP contribution < -0.4 is 4.57 Å². The van der Waals surface area contributed by atoms with E-state index in [1.54, 1.807) is 0 Å². The Bertz CT molecular complexity index is 650. The van der Waals surface area contributed by atoms with Gasteiger partial charge in [-0.25, -0.2) is 9.55 Å². The Labute approximate surface area is 266 Å². The summed E-state index contributed by atoms with van der Waals surface area (Å²) in [7, 11) is 0. The van der Waals surface area contributed by atoms with E-state index in [4.69, 9.17) is 0 Å². The molecular formula is C40H79N2+. The number of rotatable bonds is 33. The number of aromatic nitrogens is 2. The lowest BCUT2D eigenvalue weighted by Gasteiger charge is -2.17. The fourth-order valence-electron chi connectivity index (χ4n) is 6.96. The van der Waals surface area contributed by atoms with E-state index in [1.807, 2.05) is 0 Å². The molecule has 248 valence electrons. The molecule has 42 heavy (non-hydrogen) atoms. The van der Waals surface area contributed by atoms with Crippen LogP contribution in [-0.2, 0) is 0 Å². The third-order valence-corrected chi connectivity index (χ3v) is 9.89. The average molecular weight is 588 g/mol. The Morgan fingerprint density at radius 3 is 1.12 bits per heavy atom. The molecule has 0 saturated heterocycles. The van der Waals surface area contributed by atoms with Crippen LogP contribution in [0.2, 0.25) is 0 Å². The minimum Gasteiger partial charge on any atom is -0.247 e. The van der Waals surface area contributed by atoms with Crippen molar-refractivity contribution in [3.05, 3.63) is 18.2 Å². The van der Waals surface area contributed by atoms with Crippen molar-refractivity contribution in [2.75, 3.05) is 0 Å². The number of hydrogen-bond acceptors (Lipinski definition) is 0. The molecule has 0 aromatic carbocycles. The first-order chi connectivity index (χ1) is 20.7. The fourth-order valence-corrected chi connectivity index (χ4v) is 6.96. The molecule has 0 bridgehead atoms. The summed E-state index contributed by atoms with van der Waals surface area (Å²) in [5.74, 6) is 2.25. The largest absolute Gasteiger partial charge is 0.257 e. The van der Waals surface area contributed by atoms with Crippen LogP contribution in [0.5, 0.6) is 0 Å². The van der Waals surface area contributed by atoms with Crippen molar-refractivity contribution < 1.29 is 4.57 Å². The molecule has 0 saturated carbocycles. The summed E-state index contributed by atoms with van der Waals surface area (Å²) in [5.41, 5.74) is 0. The van der Waals surface area contributed by atoms with Crippen molar-refractivity contribution in [3.63, 3.8) is 0 Å². The molecule has 0 aliphatic heterocycles. The zero-order chi connectivity index (χ0) is 30.4. The maximum Gasteiger partial charge on any atom is 0.257 e. The van der Waals surface area contributed by atoms with E-state index < -0.39 is 0 Å². The highest BCUT2D eigenvalue weighted by molar-refractivity contribution is 4.90. The quantitative estimate of drug-likeness (QED) is 0.0623. The summed E-state index contributed by atoms with van der Waals surface area (Å²) in [4.78, 5) is 3.75. The molecule has 2 heteroatoms. The molecule has 0 aliphatic carbocycles. The van der Waals surface area contributed by atoms with E-state index >= 15 is 0 Å². The smallest absolute Gasteiger partial charge is 0.247 e. The molecule has 0 fully saturated rings. The molecule has 2 nitrogen and oxygen atoms in total. The first kappa shape index (κ1) is 39.2. The summed E-state index contributed by atoms with van der Waals surface area (Å²) in [5, 5.41) is 0. The lowest BCUT2D eigenvalue weighted by molar-refractivity contribution is -0.727. The Morgan fingerprint density at radius 1 is 0.452 bits per heavy atom. The molecule has 1 heterocycles. The van der Waals surface area contributed by atoms with Gasteiger partial charge in [-0.3, -0.25) is 0 Å². The zero-order valence-electron chi connectivity index (χ0n) is 29.7. The van der Waals surface area contributed by atoms with E-state index in [0.29, 0.717) is 12.0 Å². The SMILES string of the molecule is CCCCCCCCCCCCC(CCCCCCCCCC)c1[nH]cc[n+]1C(C)CCCCCCCCCCCC. The van der Waals surface area contributed by atoms with E-state index in [1.165, 1.54) is 205 Å². The second-order valence-electron chi connectivity index (χ2n) is 14.0. The number of hydrogen-bond donors (Lipinski definition) is 1. The van der Waals surface area contributed by atoms with E-state index in [0.717, 1.165) is 0 Å². The van der Waals surface area contributed by atoms with Crippen LogP contribution in [0.15, 0.2) is 12.4 Å². The standard InChI is InChI=1S/C40H78N2/c1-5-8-11-14-17-20-22-24-27-30-33-38(4)42-37-36-41-40(42)39(34-31-28-25-19-16-13-10-7-3)35-32-29-26-23-21-18-15-12-9-6-2/h36-39H,5-35H2,1-4H3/p+1. The predicted octanol–water partition coefficient (Wildman–Crippen LogP) is 14.1. The van der Waals surface area contributed by atoms with Crippen LogP contribution in [-0.4, -0.2) is 4.98 Å². The molecule has 0 aliphatic rings. The van der Waals surface area contributed by atoms with Gasteiger partial charge in [0.25, 0.3) is 5.82 Å². The van der Waals surface area contributed by atoms with Crippen molar-refractivity contribution in [3.8, 4) is 0 Å². The van der Waals surface area contributed by atoms with Crippen molar-refractivity contribution in [2.45, 2.75) is 239 Å². The highest BCUT2D eigenvalue weighted by atomic mass is 15.1. The summed E-state index contributed by atoms with van der Waals surface area (Å²) >= 11 is 0. The Balaban J connectivity index is 2.43. The van der Waals surface area contributed by atoms with Gasteiger partial charge in [0.05, 0.1) is 12.0 Å². The van der Waals surface area contributed by atoms with Crippen molar-refractivity contribution in [1.82, 2.24) is 4.98 Å². The van der Waals surface area contributed by atoms with Crippen LogP contribution in [0.4, 0.5) is 0 Å². The van der Waals surface area contributed by atoms with Crippen molar-refractivity contribution in [1.29, 1.82) is 0 Å². The normalized spacial score (nSPS) is 13.1. The number of nitrogens with zero attached hydrogens (tertiary/aromatic N) is 1. The highest BCUT2D eigenvalue weighted by Crippen LogP contribution is 2.27. The van der Waals surface area contributed by atoms with Gasteiger partial charge in [-0.15, -0.1) is 0 Å². The van der Waals surface area contributed by atoms with Crippen LogP contribution in [0.25, 0.3) is 0 Å². The van der Waals surface area contributed by atoms with Crippen molar-refractivity contribution >= 4 is 0 Å². The summed E-state index contributed by atoms with van der Waals surface area (Å²) in [6.07, 6.45) is 48.7. The number of unbranched alkanes of at least 4 members (excludes halogenated alkanes) is 25. The number of aromatic amines is 1. The van der Waals surface area contributed by atoms with Gasteiger partial charge in [0.1, 0.15) is 12.4 Å². The molecule has 1 aromatic heterocycles. The topological polar surface area (TPSA) is 19.7 Å². The van der Waals surface area contributed by atoms with Crippen LogP contribution >= 0.6 is 0 Å². The Kier molecular flexibility index (Phi) is 28.3. The molecule has 0 amide bonds. The Morgan fingerprint density at radius 2 is 0.762 bits per heavy atom. The van der Waals surface area contributed by atoms with Gasteiger partial charge < -0.3 is 0 Å². The summed E-state index contributed by atoms with van der Waals surface area (Å²) in [6, 6.07) is 0.620. The van der Waals surface area contributed by atoms with Gasteiger partial charge in [-0.2, -0.15) is 0 Å². The monoisotopic (exact) mass is 588 g/mol. The molecular weight excluding hydrogens is 508 g/mol. The van der Waals surface area contributed by atoms with E-state index in [-0.39, 0.29) is 0 Å². The molecule has 0 spiro atoms. The molecule has 1 N–H and O–H groups in total. The molecule has 2 unspecified atom stereocenters. The molecule has 1 rings (SSSR count). The molecule has 2 atom stereocenters. The first-order valence-electron chi connectivity index (χ1n) is 19.8. The zero-order valence-corrected chi connectivity index (χ0v) is 29.7. The van der Waals surface area contributed by atoms with Crippen molar-refractivity contribution in [2.24, 2.45) is 0 Å². The van der Waals surface area contributed by atoms with Gasteiger partial charge >= 0.3 is 0 Å². The molecule has 0 radical (unpaired) electrons. The van der Waals surface area contributed by atoms with Crippen LogP contribution in [0.3, 0.4) is 0 Å². The third kappa shape index (κ3) is 21.8. The Hall–Kier alpha value is -0.790. The maximum absolute atomic E-state index is 3.75. The number of imidazole rings is 1. The minimum atomic E-state index is 0.620. The van der Waals surface area contributed by atoms with Crippen LogP contribution in [0, 0.1) is 0 Å². The minimum absolute atomic E-state index is 0.620. The fraction of sp³-hybridized carbons (Fsp3) is 0.925. The number of H-pyrrole nitrogens is 1. The van der Waals surface area contributed by atoms with Gasteiger partial charge in [-0.1, -0.05) is 194 Å². The summed E-state index contributed by atoms with van der Waals surface area (Å²) < 4.78 is 2.64. The van der Waals surface area contributed by atoms with Crippen LogP contribution in [0.1, 0.15) is 245 Å². The second-order valence-corrected chi connectivity index (χ2v) is 14.0. The third-order valence-electron chi connectivity index (χ3n) is 9.89. The second kappa shape index (κ2) is 30.2. The lowest BCUT2D eigenvalue weighted by Crippen LogP contribution is -2.41. The average Bonchev–Trinajstić information content (AvgIpc) is 3.49.